The Bertz CT molecular complexity index is 2200. The molecule has 1 aliphatic heterocycles. The van der Waals surface area contributed by atoms with Gasteiger partial charge in [0.15, 0.2) is 24.6 Å². The number of methoxy groups -OCH3 is 1. The number of ether oxygens (including phenoxy) is 9. The molecule has 0 amide bonds. The van der Waals surface area contributed by atoms with Crippen molar-refractivity contribution in [3.63, 3.8) is 0 Å². The maximum absolute atomic E-state index is 13.4. The molecular formula is C55H81NO17. The molecule has 4 saturated carbocycles. The molecule has 4 aliphatic carbocycles. The van der Waals surface area contributed by atoms with Crippen LogP contribution in [0.1, 0.15) is 146 Å². The summed E-state index contributed by atoms with van der Waals surface area (Å²) >= 11 is 0. The molecule has 5 fully saturated rings. The largest absolute Gasteiger partial charge is 0.508 e. The van der Waals surface area contributed by atoms with Gasteiger partial charge in [0.05, 0.1) is 12.7 Å². The first-order valence-corrected chi connectivity index (χ1v) is 26.0. The highest BCUT2D eigenvalue weighted by molar-refractivity contribution is 5.76. The van der Waals surface area contributed by atoms with Crippen molar-refractivity contribution in [1.82, 2.24) is 5.32 Å². The number of carbonyl (C=O) groups excluding carboxylic acids is 7. The summed E-state index contributed by atoms with van der Waals surface area (Å²) in [6.07, 6.45) is -1.55. The summed E-state index contributed by atoms with van der Waals surface area (Å²) in [4.78, 5) is 89.7. The van der Waals surface area contributed by atoms with E-state index in [1.54, 1.807) is 24.3 Å². The number of fused-ring (bicyclic) bond motifs is 5. The van der Waals surface area contributed by atoms with Gasteiger partial charge in [0.25, 0.3) is 0 Å². The molecule has 1 saturated heterocycles. The van der Waals surface area contributed by atoms with Crippen molar-refractivity contribution < 1.29 is 81.3 Å². The quantitative estimate of drug-likeness (QED) is 0.0868. The van der Waals surface area contributed by atoms with Crippen LogP contribution in [0.3, 0.4) is 0 Å². The molecule has 0 spiro atoms. The van der Waals surface area contributed by atoms with Crippen LogP contribution in [-0.4, -0.2) is 122 Å². The Morgan fingerprint density at radius 3 is 1.90 bits per heavy atom. The SMILES string of the molecule is COC(=O)[C@@H](Cc1ccc(O)cc1)NCCCC(C)(O[C@H]1O[C@H](COC(C)=O)[C@@H](OC(C)=O)[C@H](OC(C)=O)C1OC(C)=O)C1CC[C@]2(C)[C@@H]1C(OC(C)=O)CC1[C@@]3(C)CC[C@H](OC(C)=O)C(C)(C)C3CC[C@]12C. The lowest BCUT2D eigenvalue weighted by Crippen LogP contribution is -2.67. The van der Waals surface area contributed by atoms with Crippen LogP contribution < -0.4 is 5.32 Å². The fraction of sp³-hybridized carbons (Fsp3) is 0.764. The summed E-state index contributed by atoms with van der Waals surface area (Å²) in [5.41, 5.74) is -1.58. The number of carbonyl (C=O) groups is 7. The molecule has 2 N–H and O–H groups in total. The normalized spacial score (nSPS) is 35.5. The van der Waals surface area contributed by atoms with Gasteiger partial charge in [0.2, 0.25) is 0 Å². The summed E-state index contributed by atoms with van der Waals surface area (Å²) < 4.78 is 54.5. The molecule has 5 aliphatic rings. The molecule has 6 unspecified atom stereocenters. The molecule has 73 heavy (non-hydrogen) atoms. The van der Waals surface area contributed by atoms with Crippen LogP contribution in [0.2, 0.25) is 0 Å². The van der Waals surface area contributed by atoms with Gasteiger partial charge in [0.1, 0.15) is 36.7 Å². The van der Waals surface area contributed by atoms with Crippen molar-refractivity contribution >= 4 is 41.8 Å². The van der Waals surface area contributed by atoms with E-state index in [2.05, 4.69) is 39.9 Å². The highest BCUT2D eigenvalue weighted by Gasteiger charge is 2.73. The Balaban J connectivity index is 1.43. The Morgan fingerprint density at radius 2 is 1.32 bits per heavy atom. The summed E-state index contributed by atoms with van der Waals surface area (Å²) in [6, 6.07) is 5.83. The number of rotatable bonds is 18. The van der Waals surface area contributed by atoms with Gasteiger partial charge in [-0.3, -0.25) is 33.6 Å². The molecule has 408 valence electrons. The lowest BCUT2D eigenvalue weighted by Gasteiger charge is -2.70. The third kappa shape index (κ3) is 12.0. The third-order valence-electron chi connectivity index (χ3n) is 18.1. The van der Waals surface area contributed by atoms with Crippen molar-refractivity contribution in [2.45, 2.75) is 202 Å². The molecule has 0 aromatic heterocycles. The molecular weight excluding hydrogens is 947 g/mol. The van der Waals surface area contributed by atoms with Gasteiger partial charge in [-0.25, -0.2) is 0 Å². The van der Waals surface area contributed by atoms with Gasteiger partial charge < -0.3 is 53.1 Å². The number of hydrogen-bond donors (Lipinski definition) is 2. The number of esters is 7. The zero-order valence-corrected chi connectivity index (χ0v) is 45.2. The maximum Gasteiger partial charge on any atom is 0.323 e. The number of hydrogen-bond acceptors (Lipinski definition) is 18. The van der Waals surface area contributed by atoms with Crippen LogP contribution in [0.5, 0.6) is 5.75 Å². The van der Waals surface area contributed by atoms with Crippen LogP contribution >= 0.6 is 0 Å². The van der Waals surface area contributed by atoms with Gasteiger partial charge in [-0.15, -0.1) is 0 Å². The molecule has 1 heterocycles. The van der Waals surface area contributed by atoms with Crippen LogP contribution in [0, 0.1) is 45.3 Å². The predicted molar refractivity (Wildman–Crippen MR) is 262 cm³/mol. The van der Waals surface area contributed by atoms with Gasteiger partial charge in [-0.05, 0) is 129 Å². The number of phenolic OH excluding ortho intramolecular Hbond substituents is 1. The Labute approximate surface area is 430 Å². The smallest absolute Gasteiger partial charge is 0.323 e. The van der Waals surface area contributed by atoms with Crippen LogP contribution in [0.25, 0.3) is 0 Å². The van der Waals surface area contributed by atoms with E-state index in [1.165, 1.54) is 34.8 Å². The van der Waals surface area contributed by atoms with E-state index in [9.17, 15) is 38.7 Å². The monoisotopic (exact) mass is 1030 g/mol. The summed E-state index contributed by atoms with van der Waals surface area (Å²) in [6.45, 7) is 21.0. The number of phenols is 1. The lowest BCUT2D eigenvalue weighted by atomic mass is 9.35. The first kappa shape index (κ1) is 57.5. The Kier molecular flexibility index (Phi) is 17.8. The average Bonchev–Trinajstić information content (AvgIpc) is 3.67. The van der Waals surface area contributed by atoms with E-state index >= 15 is 0 Å². The van der Waals surface area contributed by atoms with E-state index in [0.717, 1.165) is 51.5 Å². The molecule has 1 aromatic rings. The Morgan fingerprint density at radius 1 is 0.726 bits per heavy atom. The van der Waals surface area contributed by atoms with Crippen molar-refractivity contribution in [3.05, 3.63) is 29.8 Å². The molecule has 18 nitrogen and oxygen atoms in total. The minimum atomic E-state index is -1.49. The molecule has 18 heteroatoms. The zero-order chi connectivity index (χ0) is 54.0. The van der Waals surface area contributed by atoms with Crippen LogP contribution in [0.4, 0.5) is 0 Å². The van der Waals surface area contributed by atoms with Gasteiger partial charge in [-0.1, -0.05) is 46.8 Å². The second-order valence-electron chi connectivity index (χ2n) is 23.0. The van der Waals surface area contributed by atoms with E-state index < -0.39 is 96.3 Å². The van der Waals surface area contributed by atoms with Crippen molar-refractivity contribution in [3.8, 4) is 5.75 Å². The molecule has 0 radical (unpaired) electrons. The van der Waals surface area contributed by atoms with Crippen LogP contribution in [-0.2, 0) is 82.6 Å². The Hall–Kier alpha value is -4.81. The third-order valence-corrected chi connectivity index (χ3v) is 18.1. The van der Waals surface area contributed by atoms with E-state index in [-0.39, 0.29) is 64.2 Å². The van der Waals surface area contributed by atoms with Crippen molar-refractivity contribution in [2.75, 3.05) is 20.3 Å². The highest BCUT2D eigenvalue weighted by Crippen LogP contribution is 2.76. The number of aromatic hydroxyl groups is 1. The molecule has 16 atom stereocenters. The fourth-order valence-electron chi connectivity index (χ4n) is 15.0. The second kappa shape index (κ2) is 22.6. The van der Waals surface area contributed by atoms with Crippen molar-refractivity contribution in [2.24, 2.45) is 45.3 Å². The lowest BCUT2D eigenvalue weighted by molar-refractivity contribution is -0.339. The van der Waals surface area contributed by atoms with Gasteiger partial charge >= 0.3 is 41.8 Å². The fourth-order valence-corrected chi connectivity index (χ4v) is 15.0. The average molecular weight is 1030 g/mol. The topological polar surface area (TPSA) is 235 Å². The summed E-state index contributed by atoms with van der Waals surface area (Å²) in [5.74, 6) is -4.31. The standard InChI is InChI=1S/C55H81NO17/c1-30(57)66-29-41-46(69-33(4)60)47(70-34(5)61)48(71-35(6)62)50(72-41)73-55(12,22-14-26-56-39(49(64)65-13)27-36-15-17-37(63)18-16-36)38-19-24-54(11)45(38)40(67-31(2)58)28-43-52(9)23-21-44(68-32(3)59)51(7,8)42(52)20-25-53(43,54)10/h15-18,38-48,50,56,63H,14,19-29H2,1-13H3/t38?,39-,40?,41-,42?,43?,44+,45+,46-,47+,48?,50-,52+,53-,54-,55?/m1/s1. The highest BCUT2D eigenvalue weighted by atomic mass is 16.7. The van der Waals surface area contributed by atoms with E-state index in [4.69, 9.17) is 42.6 Å². The first-order chi connectivity index (χ1) is 34.1. The van der Waals surface area contributed by atoms with Gasteiger partial charge in [-0.2, -0.15) is 0 Å². The number of nitrogens with one attached hydrogen (secondary N) is 1. The van der Waals surface area contributed by atoms with E-state index in [0.29, 0.717) is 32.2 Å². The van der Waals surface area contributed by atoms with Crippen LogP contribution in [0.15, 0.2) is 24.3 Å². The van der Waals surface area contributed by atoms with Gasteiger partial charge in [0, 0.05) is 52.9 Å². The molecule has 1 aromatic carbocycles. The zero-order valence-electron chi connectivity index (χ0n) is 45.2. The van der Waals surface area contributed by atoms with Crippen molar-refractivity contribution in [1.29, 1.82) is 0 Å². The molecule has 0 bridgehead atoms. The maximum atomic E-state index is 13.4. The minimum Gasteiger partial charge on any atom is -0.508 e. The molecule has 6 rings (SSSR count). The summed E-state index contributed by atoms with van der Waals surface area (Å²) in [7, 11) is 1.32. The first-order valence-electron chi connectivity index (χ1n) is 26.0. The predicted octanol–water partition coefficient (Wildman–Crippen LogP) is 6.86. The second-order valence-corrected chi connectivity index (χ2v) is 23.0. The van der Waals surface area contributed by atoms with E-state index in [1.807, 2.05) is 6.92 Å². The minimum absolute atomic E-state index is 0.0953. The number of benzene rings is 1. The summed E-state index contributed by atoms with van der Waals surface area (Å²) in [5, 5.41) is 13.3.